The van der Waals surface area contributed by atoms with Gasteiger partial charge in [0.1, 0.15) is 23.4 Å². The average molecular weight is 603 g/mol. The fourth-order valence-electron chi connectivity index (χ4n) is 5.57. The van der Waals surface area contributed by atoms with Crippen LogP contribution in [0, 0.1) is 5.82 Å². The summed E-state index contributed by atoms with van der Waals surface area (Å²) < 4.78 is 31.9. The van der Waals surface area contributed by atoms with Gasteiger partial charge in [0.05, 0.1) is 35.5 Å². The SMILES string of the molecule is CCCCCOc1ccc(C2/C(=C(\O)c3ccc4c(c3)CC(C)O4)C(=O)C(=O)N2c2nc3ccc(F)cc3s2)cc1OC. The molecule has 43 heavy (non-hydrogen) atoms. The van der Waals surface area contributed by atoms with Crippen LogP contribution >= 0.6 is 11.3 Å². The molecule has 10 heteroatoms. The van der Waals surface area contributed by atoms with Crippen LogP contribution in [-0.2, 0) is 16.0 Å². The third kappa shape index (κ3) is 5.31. The van der Waals surface area contributed by atoms with E-state index in [-0.39, 0.29) is 22.6 Å². The van der Waals surface area contributed by atoms with E-state index in [1.165, 1.54) is 30.2 Å². The van der Waals surface area contributed by atoms with Gasteiger partial charge in [-0.1, -0.05) is 37.2 Å². The molecular weight excluding hydrogens is 571 g/mol. The third-order valence-corrected chi connectivity index (χ3v) is 8.69. The Morgan fingerprint density at radius 3 is 2.74 bits per heavy atom. The summed E-state index contributed by atoms with van der Waals surface area (Å²) >= 11 is 1.09. The quantitative estimate of drug-likeness (QED) is 0.0957. The van der Waals surface area contributed by atoms with Crippen LogP contribution in [0.25, 0.3) is 16.0 Å². The number of aliphatic hydroxyl groups excluding tert-OH is 1. The van der Waals surface area contributed by atoms with Gasteiger partial charge in [0.2, 0.25) is 0 Å². The van der Waals surface area contributed by atoms with Crippen LogP contribution < -0.4 is 19.1 Å². The molecule has 2 atom stereocenters. The van der Waals surface area contributed by atoms with E-state index in [2.05, 4.69) is 11.9 Å². The molecule has 1 aromatic heterocycles. The number of carbonyl (C=O) groups is 2. The number of hydrogen-bond donors (Lipinski definition) is 1. The highest BCUT2D eigenvalue weighted by Crippen LogP contribution is 2.46. The average Bonchev–Trinajstić information content (AvgIpc) is 3.66. The minimum absolute atomic E-state index is 0.00276. The molecule has 0 bridgehead atoms. The molecule has 2 unspecified atom stereocenters. The van der Waals surface area contributed by atoms with E-state index >= 15 is 0 Å². The molecule has 1 N–H and O–H groups in total. The molecule has 0 spiro atoms. The lowest BCUT2D eigenvalue weighted by Gasteiger charge is -2.24. The van der Waals surface area contributed by atoms with Crippen molar-refractivity contribution in [1.82, 2.24) is 4.98 Å². The van der Waals surface area contributed by atoms with Crippen molar-refractivity contribution in [3.8, 4) is 17.2 Å². The number of halogens is 1. The molecule has 1 amide bonds. The van der Waals surface area contributed by atoms with E-state index in [4.69, 9.17) is 14.2 Å². The number of unbranched alkanes of at least 4 members (excludes halogenated alkanes) is 2. The highest BCUT2D eigenvalue weighted by atomic mass is 32.1. The first kappa shape index (κ1) is 28.7. The molecule has 3 heterocycles. The number of benzene rings is 3. The molecule has 1 fully saturated rings. The van der Waals surface area contributed by atoms with Crippen molar-refractivity contribution in [2.45, 2.75) is 51.7 Å². The van der Waals surface area contributed by atoms with Gasteiger partial charge in [-0.2, -0.15) is 0 Å². The van der Waals surface area contributed by atoms with Crippen LogP contribution in [0.2, 0.25) is 0 Å². The predicted molar refractivity (Wildman–Crippen MR) is 163 cm³/mol. The van der Waals surface area contributed by atoms with Gasteiger partial charge in [-0.25, -0.2) is 9.37 Å². The highest BCUT2D eigenvalue weighted by molar-refractivity contribution is 7.22. The first-order chi connectivity index (χ1) is 20.8. The topological polar surface area (TPSA) is 98.2 Å². The van der Waals surface area contributed by atoms with Gasteiger partial charge in [0.25, 0.3) is 5.78 Å². The molecular formula is C33H31FN2O6S. The molecule has 2 aliphatic heterocycles. The van der Waals surface area contributed by atoms with Crippen molar-refractivity contribution >= 4 is 44.1 Å². The number of amides is 1. The molecule has 1 saturated heterocycles. The number of ether oxygens (including phenoxy) is 3. The zero-order valence-electron chi connectivity index (χ0n) is 24.1. The van der Waals surface area contributed by atoms with Gasteiger partial charge in [-0.15, -0.1) is 0 Å². The Morgan fingerprint density at radius 2 is 1.95 bits per heavy atom. The Labute approximate surface area is 252 Å². The molecule has 0 aliphatic carbocycles. The number of anilines is 1. The minimum atomic E-state index is -1.03. The van der Waals surface area contributed by atoms with E-state index in [1.54, 1.807) is 36.4 Å². The number of thiazole rings is 1. The van der Waals surface area contributed by atoms with Crippen molar-refractivity contribution in [2.24, 2.45) is 0 Å². The minimum Gasteiger partial charge on any atom is -0.507 e. The Kier molecular flexibility index (Phi) is 7.79. The largest absolute Gasteiger partial charge is 0.507 e. The summed E-state index contributed by atoms with van der Waals surface area (Å²) in [6, 6.07) is 13.5. The van der Waals surface area contributed by atoms with Crippen molar-refractivity contribution in [1.29, 1.82) is 0 Å². The number of fused-ring (bicyclic) bond motifs is 2. The maximum Gasteiger partial charge on any atom is 0.301 e. The second-order valence-corrected chi connectivity index (χ2v) is 11.7. The molecule has 222 valence electrons. The Balaban J connectivity index is 1.48. The Hall–Kier alpha value is -4.44. The molecule has 6 rings (SSSR count). The lowest BCUT2D eigenvalue weighted by atomic mass is 9.94. The summed E-state index contributed by atoms with van der Waals surface area (Å²) in [4.78, 5) is 33.2. The fraction of sp³-hybridized carbons (Fsp3) is 0.303. The second-order valence-electron chi connectivity index (χ2n) is 10.7. The molecule has 0 saturated carbocycles. The van der Waals surface area contributed by atoms with Crippen molar-refractivity contribution in [2.75, 3.05) is 18.6 Å². The van der Waals surface area contributed by atoms with E-state index in [0.29, 0.717) is 45.9 Å². The van der Waals surface area contributed by atoms with Crippen LogP contribution in [0.1, 0.15) is 55.8 Å². The summed E-state index contributed by atoms with van der Waals surface area (Å²) in [5.41, 5.74) is 2.22. The van der Waals surface area contributed by atoms with E-state index in [9.17, 15) is 19.1 Å². The molecule has 0 radical (unpaired) electrons. The Bertz CT molecular complexity index is 1770. The maximum atomic E-state index is 14.0. The second kappa shape index (κ2) is 11.7. The molecule has 3 aromatic carbocycles. The van der Waals surface area contributed by atoms with Crippen molar-refractivity contribution in [3.63, 3.8) is 0 Å². The molecule has 8 nitrogen and oxygen atoms in total. The Morgan fingerprint density at radius 1 is 1.12 bits per heavy atom. The van der Waals surface area contributed by atoms with Gasteiger partial charge < -0.3 is 19.3 Å². The number of hydrogen-bond acceptors (Lipinski definition) is 8. The number of nitrogens with zero attached hydrogens (tertiary/aromatic N) is 2. The summed E-state index contributed by atoms with van der Waals surface area (Å²) in [5.74, 6) is -0.756. The summed E-state index contributed by atoms with van der Waals surface area (Å²) in [5, 5.41) is 11.9. The normalized spacial score (nSPS) is 19.1. The first-order valence-electron chi connectivity index (χ1n) is 14.3. The van der Waals surface area contributed by atoms with Gasteiger partial charge in [-0.3, -0.25) is 14.5 Å². The lowest BCUT2D eigenvalue weighted by molar-refractivity contribution is -0.132. The van der Waals surface area contributed by atoms with E-state index < -0.39 is 23.5 Å². The number of aliphatic hydroxyl groups is 1. The first-order valence-corrected chi connectivity index (χ1v) is 15.1. The summed E-state index contributed by atoms with van der Waals surface area (Å²) in [6.07, 6.45) is 3.65. The molecule has 4 aromatic rings. The van der Waals surface area contributed by atoms with Crippen LogP contribution in [0.3, 0.4) is 0 Å². The smallest absolute Gasteiger partial charge is 0.301 e. The van der Waals surface area contributed by atoms with Crippen LogP contribution in [0.4, 0.5) is 9.52 Å². The number of carbonyl (C=O) groups excluding carboxylic acids is 2. The van der Waals surface area contributed by atoms with Crippen LogP contribution in [0.5, 0.6) is 17.2 Å². The third-order valence-electron chi connectivity index (χ3n) is 7.67. The van der Waals surface area contributed by atoms with Crippen LogP contribution in [0.15, 0.2) is 60.2 Å². The number of aromatic nitrogens is 1. The zero-order chi connectivity index (χ0) is 30.2. The summed E-state index contributed by atoms with van der Waals surface area (Å²) in [7, 11) is 1.52. The number of methoxy groups -OCH3 is 1. The fourth-order valence-corrected chi connectivity index (χ4v) is 6.58. The number of Topliss-reactive ketones (excluding diaryl/α,β-unsaturated/α-hetero) is 1. The molecule has 2 aliphatic rings. The van der Waals surface area contributed by atoms with Gasteiger partial charge in [-0.05, 0) is 73.0 Å². The number of ketones is 1. The monoisotopic (exact) mass is 602 g/mol. The number of rotatable bonds is 9. The van der Waals surface area contributed by atoms with Gasteiger partial charge >= 0.3 is 5.91 Å². The summed E-state index contributed by atoms with van der Waals surface area (Å²) in [6.45, 7) is 4.59. The predicted octanol–water partition coefficient (Wildman–Crippen LogP) is 6.96. The van der Waals surface area contributed by atoms with Crippen LogP contribution in [-0.4, -0.2) is 41.6 Å². The van der Waals surface area contributed by atoms with E-state index in [0.717, 1.165) is 41.9 Å². The van der Waals surface area contributed by atoms with Gasteiger partial charge in [0.15, 0.2) is 16.6 Å². The lowest BCUT2D eigenvalue weighted by Crippen LogP contribution is -2.29. The maximum absolute atomic E-state index is 14.0. The van der Waals surface area contributed by atoms with E-state index in [1.807, 2.05) is 6.92 Å². The van der Waals surface area contributed by atoms with Crippen molar-refractivity contribution in [3.05, 3.63) is 82.7 Å². The highest BCUT2D eigenvalue weighted by Gasteiger charge is 2.48. The van der Waals surface area contributed by atoms with Crippen molar-refractivity contribution < 1.29 is 33.3 Å². The standard InChI is InChI=1S/C33H31FN2O6S/c1-4-5-6-13-41-25-12-7-19(16-26(25)40-3)29-28(30(37)20-8-11-24-21(15-20)14-18(2)42-24)31(38)32(39)36(29)33-35-23-10-9-22(34)17-27(23)43-33/h7-12,15-18,29,37H,4-6,13-14H2,1-3H3/b30-28+. The van der Waals surface area contributed by atoms with Gasteiger partial charge in [0, 0.05) is 12.0 Å². The zero-order valence-corrected chi connectivity index (χ0v) is 24.9.